The van der Waals surface area contributed by atoms with Gasteiger partial charge in [0.25, 0.3) is 0 Å². The zero-order valence-corrected chi connectivity index (χ0v) is 16.0. The molecule has 0 spiro atoms. The maximum atomic E-state index is 12.9. The summed E-state index contributed by atoms with van der Waals surface area (Å²) in [6.45, 7) is 3.23. The second-order valence-electron chi connectivity index (χ2n) is 7.33. The van der Waals surface area contributed by atoms with Crippen LogP contribution in [0.25, 0.3) is 10.9 Å². The zero-order valence-electron chi connectivity index (χ0n) is 15.3. The molecule has 144 valence electrons. The first kappa shape index (κ1) is 18.1. The van der Waals surface area contributed by atoms with E-state index in [-0.39, 0.29) is 30.6 Å². The molecule has 0 unspecified atom stereocenters. The van der Waals surface area contributed by atoms with Gasteiger partial charge in [0.1, 0.15) is 5.52 Å². The first-order valence-corrected chi connectivity index (χ1v) is 9.76. The number of hydrogen-bond donors (Lipinski definition) is 1. The van der Waals surface area contributed by atoms with E-state index < -0.39 is 0 Å². The predicted molar refractivity (Wildman–Crippen MR) is 101 cm³/mol. The van der Waals surface area contributed by atoms with E-state index in [1.807, 2.05) is 9.80 Å². The number of aromatic nitrogens is 1. The van der Waals surface area contributed by atoms with Crippen molar-refractivity contribution < 1.29 is 14.1 Å². The van der Waals surface area contributed by atoms with E-state index in [9.17, 15) is 9.59 Å². The Hall–Kier alpha value is -2.28. The van der Waals surface area contributed by atoms with Gasteiger partial charge in [-0.05, 0) is 43.9 Å². The smallest absolute Gasteiger partial charge is 0.318 e. The third-order valence-electron chi connectivity index (χ3n) is 5.32. The lowest BCUT2D eigenvalue weighted by molar-refractivity contribution is -0.130. The van der Waals surface area contributed by atoms with Crippen molar-refractivity contribution in [2.45, 2.75) is 51.2 Å². The zero-order chi connectivity index (χ0) is 19.0. The van der Waals surface area contributed by atoms with Crippen molar-refractivity contribution in [3.8, 4) is 0 Å². The van der Waals surface area contributed by atoms with Gasteiger partial charge in [0.15, 0.2) is 5.76 Å². The van der Waals surface area contributed by atoms with Crippen LogP contribution in [0.15, 0.2) is 22.7 Å². The summed E-state index contributed by atoms with van der Waals surface area (Å²) < 4.78 is 5.38. The Morgan fingerprint density at radius 3 is 2.89 bits per heavy atom. The van der Waals surface area contributed by atoms with E-state index in [2.05, 4.69) is 10.5 Å². The highest BCUT2D eigenvalue weighted by molar-refractivity contribution is 6.31. The molecule has 1 saturated heterocycles. The van der Waals surface area contributed by atoms with E-state index in [4.69, 9.17) is 16.1 Å². The lowest BCUT2D eigenvalue weighted by atomic mass is 10.0. The number of likely N-dealkylation sites (tertiary alicyclic amines) is 1. The molecule has 1 aromatic carbocycles. The van der Waals surface area contributed by atoms with E-state index >= 15 is 0 Å². The lowest BCUT2D eigenvalue weighted by Crippen LogP contribution is -2.54. The molecule has 1 aromatic heterocycles. The van der Waals surface area contributed by atoms with Crippen LogP contribution in [-0.2, 0) is 11.3 Å². The van der Waals surface area contributed by atoms with Gasteiger partial charge in [-0.25, -0.2) is 4.79 Å². The Bertz CT molecular complexity index is 864. The Morgan fingerprint density at radius 2 is 2.15 bits per heavy atom. The summed E-state index contributed by atoms with van der Waals surface area (Å²) in [5.74, 6) is 0.659. The molecule has 3 amide bonds. The largest absolute Gasteiger partial charge is 0.358 e. The van der Waals surface area contributed by atoms with E-state index in [1.165, 1.54) is 0 Å². The number of carbonyl (C=O) groups excluding carboxylic acids is 2. The number of amides is 3. The number of piperidine rings is 1. The maximum Gasteiger partial charge on any atom is 0.318 e. The van der Waals surface area contributed by atoms with Crippen molar-refractivity contribution in [2.75, 3.05) is 13.1 Å². The van der Waals surface area contributed by atoms with Gasteiger partial charge in [0.05, 0.1) is 12.6 Å². The number of halogens is 1. The number of urea groups is 1. The van der Waals surface area contributed by atoms with Crippen LogP contribution in [0.3, 0.4) is 0 Å². The van der Waals surface area contributed by atoms with Gasteiger partial charge < -0.3 is 19.6 Å². The van der Waals surface area contributed by atoms with E-state index in [0.717, 1.165) is 37.6 Å². The molecular weight excluding hydrogens is 368 g/mol. The molecule has 2 heterocycles. The van der Waals surface area contributed by atoms with Gasteiger partial charge in [-0.1, -0.05) is 16.8 Å². The standard InChI is InChI=1S/C19H23ClN4O3/c1-12(25)23-8-2-3-15(11-23)24(14-5-6-14)19(26)21-10-18-16-9-13(20)4-7-17(16)22-27-18/h4,7,9,14-15H,2-3,5-6,8,10-11H2,1H3,(H,21,26)/t15-/m1/s1. The summed E-state index contributed by atoms with van der Waals surface area (Å²) in [7, 11) is 0. The molecule has 1 N–H and O–H groups in total. The molecule has 1 aliphatic heterocycles. The van der Waals surface area contributed by atoms with Gasteiger partial charge in [-0.15, -0.1) is 0 Å². The molecular formula is C19H23ClN4O3. The Morgan fingerprint density at radius 1 is 1.33 bits per heavy atom. The third kappa shape index (κ3) is 3.88. The SMILES string of the molecule is CC(=O)N1CCC[C@@H](N(C(=O)NCc2onc3ccc(Cl)cc23)C2CC2)C1. The molecule has 0 bridgehead atoms. The fraction of sp³-hybridized carbons (Fsp3) is 0.526. The van der Waals surface area contributed by atoms with Crippen molar-refractivity contribution in [1.29, 1.82) is 0 Å². The normalized spacial score (nSPS) is 19.9. The molecule has 7 nitrogen and oxygen atoms in total. The number of hydrogen-bond acceptors (Lipinski definition) is 4. The van der Waals surface area contributed by atoms with Crippen LogP contribution in [0.5, 0.6) is 0 Å². The summed E-state index contributed by atoms with van der Waals surface area (Å²) in [5, 5.41) is 8.38. The quantitative estimate of drug-likeness (QED) is 0.869. The average Bonchev–Trinajstić information content (AvgIpc) is 3.40. The van der Waals surface area contributed by atoms with Gasteiger partial charge in [0, 0.05) is 36.5 Å². The Kier molecular flexibility index (Phi) is 4.95. The summed E-state index contributed by atoms with van der Waals surface area (Å²) in [4.78, 5) is 28.4. The summed E-state index contributed by atoms with van der Waals surface area (Å²) in [6, 6.07) is 5.56. The molecule has 8 heteroatoms. The van der Waals surface area contributed by atoms with Crippen molar-refractivity contribution in [3.63, 3.8) is 0 Å². The number of benzene rings is 1. The molecule has 1 atom stereocenters. The Balaban J connectivity index is 1.45. The van der Waals surface area contributed by atoms with Gasteiger partial charge >= 0.3 is 6.03 Å². The molecule has 0 radical (unpaired) electrons. The highest BCUT2D eigenvalue weighted by Crippen LogP contribution is 2.31. The fourth-order valence-electron chi connectivity index (χ4n) is 3.79. The first-order valence-electron chi connectivity index (χ1n) is 9.38. The molecule has 1 aliphatic carbocycles. The molecule has 2 aliphatic rings. The second kappa shape index (κ2) is 7.38. The van der Waals surface area contributed by atoms with Crippen LogP contribution < -0.4 is 5.32 Å². The number of carbonyl (C=O) groups is 2. The molecule has 2 aromatic rings. The van der Waals surface area contributed by atoms with Crippen LogP contribution in [-0.4, -0.2) is 52.1 Å². The lowest BCUT2D eigenvalue weighted by Gasteiger charge is -2.39. The molecule has 2 fully saturated rings. The van der Waals surface area contributed by atoms with Crippen LogP contribution in [0.4, 0.5) is 4.79 Å². The van der Waals surface area contributed by atoms with Crippen molar-refractivity contribution in [2.24, 2.45) is 0 Å². The monoisotopic (exact) mass is 390 g/mol. The third-order valence-corrected chi connectivity index (χ3v) is 5.56. The van der Waals surface area contributed by atoms with Crippen LogP contribution in [0.2, 0.25) is 5.02 Å². The maximum absolute atomic E-state index is 12.9. The highest BCUT2D eigenvalue weighted by atomic mass is 35.5. The van der Waals surface area contributed by atoms with Crippen molar-refractivity contribution in [3.05, 3.63) is 29.0 Å². The van der Waals surface area contributed by atoms with Crippen molar-refractivity contribution >= 4 is 34.4 Å². The minimum absolute atomic E-state index is 0.0658. The number of nitrogens with one attached hydrogen (secondary N) is 1. The van der Waals surface area contributed by atoms with E-state index in [0.29, 0.717) is 22.8 Å². The fourth-order valence-corrected chi connectivity index (χ4v) is 3.96. The Labute approximate surface area is 162 Å². The number of nitrogens with zero attached hydrogens (tertiary/aromatic N) is 3. The molecule has 27 heavy (non-hydrogen) atoms. The van der Waals surface area contributed by atoms with Crippen molar-refractivity contribution in [1.82, 2.24) is 20.3 Å². The van der Waals surface area contributed by atoms with Crippen LogP contribution in [0, 0.1) is 0 Å². The second-order valence-corrected chi connectivity index (χ2v) is 7.76. The average molecular weight is 391 g/mol. The minimum Gasteiger partial charge on any atom is -0.358 e. The highest BCUT2D eigenvalue weighted by Gasteiger charge is 2.39. The number of fused-ring (bicyclic) bond motifs is 1. The van der Waals surface area contributed by atoms with Gasteiger partial charge in [-0.2, -0.15) is 0 Å². The van der Waals surface area contributed by atoms with E-state index in [1.54, 1.807) is 25.1 Å². The summed E-state index contributed by atoms with van der Waals surface area (Å²) >= 11 is 6.05. The summed E-state index contributed by atoms with van der Waals surface area (Å²) in [5.41, 5.74) is 0.715. The predicted octanol–water partition coefficient (Wildman–Crippen LogP) is 3.17. The molecule has 1 saturated carbocycles. The summed E-state index contributed by atoms with van der Waals surface area (Å²) in [6.07, 6.45) is 3.89. The van der Waals surface area contributed by atoms with Crippen LogP contribution in [0.1, 0.15) is 38.4 Å². The van der Waals surface area contributed by atoms with Gasteiger partial charge in [0.2, 0.25) is 5.91 Å². The first-order chi connectivity index (χ1) is 13.0. The number of rotatable bonds is 4. The molecule has 4 rings (SSSR count). The van der Waals surface area contributed by atoms with Gasteiger partial charge in [-0.3, -0.25) is 4.79 Å². The topological polar surface area (TPSA) is 78.7 Å². The minimum atomic E-state index is -0.112. The van der Waals surface area contributed by atoms with Crippen LogP contribution >= 0.6 is 11.6 Å².